The Hall–Kier alpha value is -0.650. The van der Waals surface area contributed by atoms with Crippen molar-refractivity contribution in [2.75, 3.05) is 19.6 Å². The first-order valence-corrected chi connectivity index (χ1v) is 6.22. The molecule has 0 radical (unpaired) electrons. The van der Waals surface area contributed by atoms with Crippen LogP contribution in [0.4, 0.5) is 0 Å². The number of aromatic amines is 1. The van der Waals surface area contributed by atoms with Crippen LogP contribution in [-0.2, 0) is 6.54 Å². The molecule has 0 aliphatic carbocycles. The highest BCUT2D eigenvalue weighted by molar-refractivity contribution is 7.07. The van der Waals surface area contributed by atoms with Crippen LogP contribution >= 0.6 is 11.3 Å². The molecule has 1 fully saturated rings. The Bertz CT molecular complexity index is 356. The number of hydrogen-bond donors (Lipinski definition) is 3. The fourth-order valence-electron chi connectivity index (χ4n) is 1.72. The molecular formula is C10H17N3OS. The molecule has 5 heteroatoms. The summed E-state index contributed by atoms with van der Waals surface area (Å²) in [5.74, 6) is 1.52. The first-order valence-electron chi connectivity index (χ1n) is 5.34. The molecule has 1 unspecified atom stereocenters. The van der Waals surface area contributed by atoms with E-state index in [0.29, 0.717) is 5.92 Å². The van der Waals surface area contributed by atoms with Crippen LogP contribution < -0.4 is 15.5 Å². The van der Waals surface area contributed by atoms with Crippen LogP contribution in [0.2, 0.25) is 0 Å². The lowest BCUT2D eigenvalue weighted by Gasteiger charge is -2.32. The van der Waals surface area contributed by atoms with Gasteiger partial charge in [0.1, 0.15) is 0 Å². The van der Waals surface area contributed by atoms with E-state index in [1.807, 2.05) is 5.38 Å². The summed E-state index contributed by atoms with van der Waals surface area (Å²) in [6, 6.07) is 0. The van der Waals surface area contributed by atoms with E-state index in [0.717, 1.165) is 37.8 Å². The van der Waals surface area contributed by atoms with E-state index in [4.69, 9.17) is 0 Å². The van der Waals surface area contributed by atoms with Gasteiger partial charge in [0.05, 0.1) is 0 Å². The maximum atomic E-state index is 10.9. The van der Waals surface area contributed by atoms with Crippen molar-refractivity contribution in [2.45, 2.75) is 13.5 Å². The minimum atomic E-state index is 0.0306. The second-order valence-corrected chi connectivity index (χ2v) is 5.04. The topological polar surface area (TPSA) is 56.9 Å². The number of H-pyrrole nitrogens is 1. The summed E-state index contributed by atoms with van der Waals surface area (Å²) in [7, 11) is 0. The molecule has 3 N–H and O–H groups in total. The molecule has 0 spiro atoms. The zero-order chi connectivity index (χ0) is 10.7. The molecule has 1 aliphatic rings. The lowest BCUT2D eigenvalue weighted by molar-refractivity contribution is 0.242. The lowest BCUT2D eigenvalue weighted by atomic mass is 9.89. The summed E-state index contributed by atoms with van der Waals surface area (Å²) in [4.78, 5) is 13.7. The van der Waals surface area contributed by atoms with E-state index in [9.17, 15) is 4.79 Å². The maximum Gasteiger partial charge on any atom is 0.304 e. The molecule has 1 aromatic rings. The summed E-state index contributed by atoms with van der Waals surface area (Å²) < 4.78 is 0. The zero-order valence-electron chi connectivity index (χ0n) is 8.88. The second-order valence-electron chi connectivity index (χ2n) is 4.20. The van der Waals surface area contributed by atoms with Gasteiger partial charge in [-0.25, -0.2) is 0 Å². The van der Waals surface area contributed by atoms with E-state index in [1.165, 1.54) is 11.3 Å². The molecule has 1 saturated heterocycles. The predicted octanol–water partition coefficient (Wildman–Crippen LogP) is 0.381. The van der Waals surface area contributed by atoms with E-state index >= 15 is 0 Å². The van der Waals surface area contributed by atoms with Crippen LogP contribution in [0.3, 0.4) is 0 Å². The van der Waals surface area contributed by atoms with Crippen molar-refractivity contribution in [3.05, 3.63) is 20.7 Å². The third-order valence-corrected chi connectivity index (χ3v) is 3.69. The molecule has 2 heterocycles. The molecule has 15 heavy (non-hydrogen) atoms. The summed E-state index contributed by atoms with van der Waals surface area (Å²) in [6.07, 6.45) is 0. The van der Waals surface area contributed by atoms with Gasteiger partial charge >= 0.3 is 4.87 Å². The third-order valence-electron chi connectivity index (χ3n) is 2.97. The van der Waals surface area contributed by atoms with Gasteiger partial charge in [0.25, 0.3) is 0 Å². The molecular weight excluding hydrogens is 210 g/mol. The van der Waals surface area contributed by atoms with E-state index in [1.54, 1.807) is 0 Å². The molecule has 84 valence electrons. The average Bonchev–Trinajstić information content (AvgIpc) is 2.48. The van der Waals surface area contributed by atoms with Gasteiger partial charge in [-0.3, -0.25) is 4.79 Å². The number of thiazole rings is 1. The van der Waals surface area contributed by atoms with E-state index < -0.39 is 0 Å². The molecule has 1 aromatic heterocycles. The van der Waals surface area contributed by atoms with Crippen LogP contribution in [0.15, 0.2) is 10.2 Å². The highest BCUT2D eigenvalue weighted by Crippen LogP contribution is 2.14. The molecule has 2 rings (SSSR count). The Kier molecular flexibility index (Phi) is 3.56. The van der Waals surface area contributed by atoms with Gasteiger partial charge in [0.15, 0.2) is 0 Å². The largest absolute Gasteiger partial charge is 0.316 e. The minimum absolute atomic E-state index is 0.0306. The Morgan fingerprint density at radius 1 is 1.67 bits per heavy atom. The number of hydrogen-bond acceptors (Lipinski definition) is 4. The summed E-state index contributed by atoms with van der Waals surface area (Å²) >= 11 is 1.22. The zero-order valence-corrected chi connectivity index (χ0v) is 9.69. The van der Waals surface area contributed by atoms with Gasteiger partial charge in [-0.1, -0.05) is 18.3 Å². The van der Waals surface area contributed by atoms with Crippen molar-refractivity contribution < 1.29 is 0 Å². The SMILES string of the molecule is CC(CNCc1csc(=O)[nH]1)C1CNC1. The number of aromatic nitrogens is 1. The highest BCUT2D eigenvalue weighted by atomic mass is 32.1. The van der Waals surface area contributed by atoms with Crippen LogP contribution in [0.1, 0.15) is 12.6 Å². The number of nitrogens with one attached hydrogen (secondary N) is 3. The second kappa shape index (κ2) is 4.92. The normalized spacial score (nSPS) is 18.7. The first-order chi connectivity index (χ1) is 7.25. The molecule has 1 aliphatic heterocycles. The van der Waals surface area contributed by atoms with Crippen LogP contribution in [-0.4, -0.2) is 24.6 Å². The molecule has 0 saturated carbocycles. The standard InChI is InChI=1S/C10H17N3OS/c1-7(8-3-12-4-8)2-11-5-9-6-15-10(14)13-9/h6-8,11-12H,2-5H2,1H3,(H,13,14). The molecule has 0 aromatic carbocycles. The van der Waals surface area contributed by atoms with E-state index in [2.05, 4.69) is 22.5 Å². The Morgan fingerprint density at radius 2 is 2.47 bits per heavy atom. The van der Waals surface area contributed by atoms with E-state index in [-0.39, 0.29) is 4.87 Å². The summed E-state index contributed by atoms with van der Waals surface area (Å²) in [6.45, 7) is 6.36. The molecule has 0 bridgehead atoms. The van der Waals surface area contributed by atoms with Crippen LogP contribution in [0.5, 0.6) is 0 Å². The Balaban J connectivity index is 1.67. The van der Waals surface area contributed by atoms with Crippen molar-refractivity contribution in [3.8, 4) is 0 Å². The first kappa shape index (κ1) is 10.9. The quantitative estimate of drug-likeness (QED) is 0.681. The molecule has 4 nitrogen and oxygen atoms in total. The maximum absolute atomic E-state index is 10.9. The smallest absolute Gasteiger partial charge is 0.304 e. The van der Waals surface area contributed by atoms with Gasteiger partial charge < -0.3 is 15.6 Å². The molecule has 0 amide bonds. The van der Waals surface area contributed by atoms with Crippen molar-refractivity contribution in [2.24, 2.45) is 11.8 Å². The van der Waals surface area contributed by atoms with Gasteiger partial charge in [-0.2, -0.15) is 0 Å². The summed E-state index contributed by atoms with van der Waals surface area (Å²) in [5.41, 5.74) is 0.990. The Labute approximate surface area is 93.1 Å². The number of rotatable bonds is 5. The van der Waals surface area contributed by atoms with Crippen molar-refractivity contribution >= 4 is 11.3 Å². The van der Waals surface area contributed by atoms with Gasteiger partial charge in [0, 0.05) is 17.6 Å². The molecule has 1 atom stereocenters. The van der Waals surface area contributed by atoms with Crippen LogP contribution in [0.25, 0.3) is 0 Å². The minimum Gasteiger partial charge on any atom is -0.316 e. The highest BCUT2D eigenvalue weighted by Gasteiger charge is 2.22. The van der Waals surface area contributed by atoms with Crippen molar-refractivity contribution in [3.63, 3.8) is 0 Å². The fourth-order valence-corrected chi connectivity index (χ4v) is 2.30. The van der Waals surface area contributed by atoms with Gasteiger partial charge in [-0.05, 0) is 31.5 Å². The average molecular weight is 227 g/mol. The van der Waals surface area contributed by atoms with Crippen molar-refractivity contribution in [1.82, 2.24) is 15.6 Å². The fraction of sp³-hybridized carbons (Fsp3) is 0.700. The monoisotopic (exact) mass is 227 g/mol. The third kappa shape index (κ3) is 2.90. The lowest BCUT2D eigenvalue weighted by Crippen LogP contribution is -2.47. The van der Waals surface area contributed by atoms with Gasteiger partial charge in [0.2, 0.25) is 0 Å². The van der Waals surface area contributed by atoms with Gasteiger partial charge in [-0.15, -0.1) is 0 Å². The van der Waals surface area contributed by atoms with Crippen molar-refractivity contribution in [1.29, 1.82) is 0 Å². The Morgan fingerprint density at radius 3 is 3.00 bits per heavy atom. The summed E-state index contributed by atoms with van der Waals surface area (Å²) in [5, 5.41) is 8.53. The van der Waals surface area contributed by atoms with Crippen LogP contribution in [0, 0.1) is 11.8 Å². The predicted molar refractivity (Wildman–Crippen MR) is 62.2 cm³/mol.